The molecule has 0 bridgehead atoms. The zero-order valence-corrected chi connectivity index (χ0v) is 23.5. The lowest BCUT2D eigenvalue weighted by molar-refractivity contribution is -0.142. The van der Waals surface area contributed by atoms with E-state index in [2.05, 4.69) is 20.9 Å². The van der Waals surface area contributed by atoms with Gasteiger partial charge in [0.25, 0.3) is 0 Å². The molecule has 1 aromatic heterocycles. The third-order valence-corrected chi connectivity index (χ3v) is 7.38. The lowest BCUT2D eigenvalue weighted by atomic mass is 9.95. The fourth-order valence-electron chi connectivity index (χ4n) is 4.27. The number of carbonyl (C=O) groups is 5. The van der Waals surface area contributed by atoms with E-state index in [1.54, 1.807) is 13.1 Å². The molecule has 12 heteroatoms. The molecule has 0 saturated carbocycles. The molecule has 0 spiro atoms. The second-order valence-corrected chi connectivity index (χ2v) is 10.3. The van der Waals surface area contributed by atoms with Gasteiger partial charge in [-0.25, -0.2) is 4.79 Å². The molecule has 0 radical (unpaired) electrons. The van der Waals surface area contributed by atoms with E-state index in [0.717, 1.165) is 16.5 Å². The Morgan fingerprint density at radius 2 is 1.52 bits per heavy atom. The average molecular weight is 559 g/mol. The van der Waals surface area contributed by atoms with Crippen molar-refractivity contribution >= 4 is 40.5 Å². The highest BCUT2D eigenvalue weighted by Crippen LogP contribution is 2.20. The summed E-state index contributed by atoms with van der Waals surface area (Å²) in [4.78, 5) is 65.9. The van der Waals surface area contributed by atoms with Crippen LogP contribution in [0.25, 0.3) is 10.9 Å². The summed E-state index contributed by atoms with van der Waals surface area (Å²) in [5, 5.41) is 18.3. The minimum Gasteiger partial charge on any atom is -0.480 e. The van der Waals surface area contributed by atoms with Crippen LogP contribution in [0.4, 0.5) is 0 Å². The third kappa shape index (κ3) is 8.80. The summed E-state index contributed by atoms with van der Waals surface area (Å²) < 4.78 is 0. The van der Waals surface area contributed by atoms with Crippen LogP contribution < -0.4 is 27.4 Å². The van der Waals surface area contributed by atoms with Crippen LogP contribution in [-0.2, 0) is 30.4 Å². The number of aromatic amines is 1. The highest BCUT2D eigenvalue weighted by Gasteiger charge is 2.33. The van der Waals surface area contributed by atoms with Gasteiger partial charge in [0.15, 0.2) is 0 Å². The molecule has 1 heterocycles. The summed E-state index contributed by atoms with van der Waals surface area (Å²) in [7, 11) is 0. The van der Waals surface area contributed by atoms with E-state index < -0.39 is 53.8 Å². The Hall–Kier alpha value is -3.93. The topological polar surface area (TPSA) is 209 Å². The number of carbonyl (C=O) groups excluding carboxylic acids is 4. The smallest absolute Gasteiger partial charge is 0.326 e. The number of rotatable bonds is 16. The molecule has 2 aromatic rings. The molecule has 2 rings (SSSR count). The van der Waals surface area contributed by atoms with Crippen molar-refractivity contribution in [3.63, 3.8) is 0 Å². The number of aliphatic carboxylic acids is 1. The summed E-state index contributed by atoms with van der Waals surface area (Å²) in [6, 6.07) is 3.07. The first-order valence-electron chi connectivity index (χ1n) is 13.6. The minimum atomic E-state index is -1.39. The first-order valence-corrected chi connectivity index (χ1v) is 13.6. The first-order chi connectivity index (χ1) is 18.9. The molecule has 6 atom stereocenters. The standard InChI is InChI=1S/C28H42N6O6/c1-5-15(3)23(30)26(37)34-24(16(4)6-2)27(38)33-21(13-17-14-31-19-10-8-7-9-18(17)19)25(36)32-20(28(39)40)11-12-22(29)35/h7-10,14-16,20-21,23-24,31H,5-6,11-13,30H2,1-4H3,(H2,29,35)(H,32,36)(H,33,38)(H,34,37)(H,39,40). The molecule has 0 aliphatic carbocycles. The number of benzene rings is 1. The zero-order valence-electron chi connectivity index (χ0n) is 23.5. The van der Waals surface area contributed by atoms with Gasteiger partial charge in [-0.2, -0.15) is 0 Å². The van der Waals surface area contributed by atoms with Crippen molar-refractivity contribution in [2.75, 3.05) is 0 Å². The van der Waals surface area contributed by atoms with E-state index in [1.165, 1.54) is 0 Å². The number of carboxylic acids is 1. The van der Waals surface area contributed by atoms with Crippen LogP contribution in [-0.4, -0.2) is 63.9 Å². The lowest BCUT2D eigenvalue weighted by Crippen LogP contribution is -2.59. The Labute approximate surface area is 234 Å². The Balaban J connectivity index is 2.35. The molecule has 1 aromatic carbocycles. The van der Waals surface area contributed by atoms with E-state index in [1.807, 2.05) is 45.0 Å². The highest BCUT2D eigenvalue weighted by atomic mass is 16.4. The number of aromatic nitrogens is 1. The van der Waals surface area contributed by atoms with Crippen molar-refractivity contribution in [3.05, 3.63) is 36.0 Å². The number of nitrogens with one attached hydrogen (secondary N) is 4. The van der Waals surface area contributed by atoms with Crippen LogP contribution in [0.2, 0.25) is 0 Å². The number of H-pyrrole nitrogens is 1. The fraction of sp³-hybridized carbons (Fsp3) is 0.536. The molecular weight excluding hydrogens is 516 g/mol. The Morgan fingerprint density at radius 3 is 2.12 bits per heavy atom. The number of amides is 4. The van der Waals surface area contributed by atoms with Crippen molar-refractivity contribution in [2.45, 2.75) is 84.0 Å². The molecule has 220 valence electrons. The van der Waals surface area contributed by atoms with E-state index >= 15 is 0 Å². The molecule has 12 nitrogen and oxygen atoms in total. The summed E-state index contributed by atoms with van der Waals surface area (Å²) in [6.07, 6.45) is 2.56. The van der Waals surface area contributed by atoms with E-state index in [4.69, 9.17) is 11.5 Å². The lowest BCUT2D eigenvalue weighted by Gasteiger charge is -2.28. The predicted molar refractivity (Wildman–Crippen MR) is 151 cm³/mol. The van der Waals surface area contributed by atoms with E-state index in [-0.39, 0.29) is 31.1 Å². The Morgan fingerprint density at radius 1 is 0.900 bits per heavy atom. The van der Waals surface area contributed by atoms with Crippen LogP contribution in [0.5, 0.6) is 0 Å². The quantitative estimate of drug-likeness (QED) is 0.158. The number of primary amides is 1. The summed E-state index contributed by atoms with van der Waals surface area (Å²) in [5.74, 6) is -4.24. The second-order valence-electron chi connectivity index (χ2n) is 10.3. The number of hydrogen-bond acceptors (Lipinski definition) is 6. The van der Waals surface area contributed by atoms with Crippen molar-refractivity contribution < 1.29 is 29.1 Å². The Bertz CT molecular complexity index is 1200. The largest absolute Gasteiger partial charge is 0.480 e. The average Bonchev–Trinajstić information content (AvgIpc) is 3.34. The van der Waals surface area contributed by atoms with Crippen molar-refractivity contribution in [3.8, 4) is 0 Å². The predicted octanol–water partition coefficient (Wildman–Crippen LogP) is 0.934. The monoisotopic (exact) mass is 558 g/mol. The molecule has 40 heavy (non-hydrogen) atoms. The SMILES string of the molecule is CCC(C)C(N)C(=O)NC(C(=O)NC(Cc1c[nH]c2ccccc12)C(=O)NC(CCC(N)=O)C(=O)O)C(C)CC. The molecular formula is C28H42N6O6. The molecule has 6 unspecified atom stereocenters. The van der Waals surface area contributed by atoms with E-state index in [9.17, 15) is 29.1 Å². The van der Waals surface area contributed by atoms with Crippen molar-refractivity contribution in [2.24, 2.45) is 23.3 Å². The molecule has 0 fully saturated rings. The molecule has 0 aliphatic heterocycles. The Kier molecular flexibility index (Phi) is 12.1. The van der Waals surface area contributed by atoms with Crippen LogP contribution in [0.3, 0.4) is 0 Å². The molecule has 9 N–H and O–H groups in total. The van der Waals surface area contributed by atoms with Gasteiger partial charge in [0.1, 0.15) is 18.1 Å². The summed E-state index contributed by atoms with van der Waals surface area (Å²) in [5.41, 5.74) is 12.8. The second kappa shape index (κ2) is 15.0. The van der Waals surface area contributed by atoms with Crippen LogP contribution in [0.15, 0.2) is 30.5 Å². The maximum absolute atomic E-state index is 13.6. The van der Waals surface area contributed by atoms with Gasteiger partial charge in [0.2, 0.25) is 23.6 Å². The highest BCUT2D eigenvalue weighted by molar-refractivity contribution is 5.95. The van der Waals surface area contributed by atoms with Gasteiger partial charge < -0.3 is 37.5 Å². The maximum atomic E-state index is 13.6. The van der Waals surface area contributed by atoms with Crippen molar-refractivity contribution in [1.29, 1.82) is 0 Å². The maximum Gasteiger partial charge on any atom is 0.326 e. The number of nitrogens with two attached hydrogens (primary N) is 2. The molecule has 0 aliphatic rings. The first kappa shape index (κ1) is 32.3. The van der Waals surface area contributed by atoms with Gasteiger partial charge in [0.05, 0.1) is 6.04 Å². The van der Waals surface area contributed by atoms with Gasteiger partial charge in [-0.15, -0.1) is 0 Å². The summed E-state index contributed by atoms with van der Waals surface area (Å²) in [6.45, 7) is 7.44. The summed E-state index contributed by atoms with van der Waals surface area (Å²) >= 11 is 0. The number of fused-ring (bicyclic) bond motifs is 1. The van der Waals surface area contributed by atoms with Crippen LogP contribution >= 0.6 is 0 Å². The zero-order chi connectivity index (χ0) is 30.0. The van der Waals surface area contributed by atoms with Crippen LogP contribution in [0, 0.1) is 11.8 Å². The van der Waals surface area contributed by atoms with Gasteiger partial charge in [0, 0.05) is 29.9 Å². The molecule has 0 saturated heterocycles. The number of para-hydroxylation sites is 1. The fourth-order valence-corrected chi connectivity index (χ4v) is 4.27. The number of hydrogen-bond donors (Lipinski definition) is 7. The number of carboxylic acid groups (broad SMARTS) is 1. The van der Waals surface area contributed by atoms with Gasteiger partial charge in [-0.3, -0.25) is 19.2 Å². The minimum absolute atomic E-state index is 0.0390. The van der Waals surface area contributed by atoms with Gasteiger partial charge >= 0.3 is 5.97 Å². The van der Waals surface area contributed by atoms with E-state index in [0.29, 0.717) is 12.8 Å². The van der Waals surface area contributed by atoms with Gasteiger partial charge in [-0.1, -0.05) is 58.7 Å². The van der Waals surface area contributed by atoms with Gasteiger partial charge in [-0.05, 0) is 29.9 Å². The third-order valence-electron chi connectivity index (χ3n) is 7.38. The van der Waals surface area contributed by atoms with Crippen LogP contribution in [0.1, 0.15) is 58.9 Å². The van der Waals surface area contributed by atoms with Crippen molar-refractivity contribution in [1.82, 2.24) is 20.9 Å². The normalized spacial score (nSPS) is 15.7. The molecule has 4 amide bonds.